The van der Waals surface area contributed by atoms with Crippen molar-refractivity contribution in [1.82, 2.24) is 5.32 Å². The zero-order valence-electron chi connectivity index (χ0n) is 13.0. The van der Waals surface area contributed by atoms with Crippen LogP contribution in [0, 0.1) is 5.92 Å². The van der Waals surface area contributed by atoms with Gasteiger partial charge in [-0.15, -0.1) is 0 Å². The molecule has 2 N–H and O–H groups in total. The fourth-order valence-corrected chi connectivity index (χ4v) is 3.03. The van der Waals surface area contributed by atoms with E-state index in [2.05, 4.69) is 48.3 Å². The number of aliphatic carboxylic acids is 1. The van der Waals surface area contributed by atoms with Crippen molar-refractivity contribution in [3.05, 3.63) is 29.8 Å². The van der Waals surface area contributed by atoms with Crippen LogP contribution in [-0.4, -0.2) is 36.8 Å². The third-order valence-electron chi connectivity index (χ3n) is 4.06. The van der Waals surface area contributed by atoms with Crippen molar-refractivity contribution in [3.8, 4) is 0 Å². The number of anilines is 1. The molecule has 0 radical (unpaired) electrons. The topological polar surface area (TPSA) is 52.6 Å². The molecule has 0 bridgehead atoms. The Labute approximate surface area is 127 Å². The smallest absolute Gasteiger partial charge is 0.320 e. The summed E-state index contributed by atoms with van der Waals surface area (Å²) in [6.45, 7) is 6.86. The number of benzene rings is 1. The lowest BCUT2D eigenvalue weighted by atomic mass is 9.93. The van der Waals surface area contributed by atoms with E-state index >= 15 is 0 Å². The minimum Gasteiger partial charge on any atom is -0.480 e. The number of nitrogens with zero attached hydrogens (tertiary/aromatic N) is 1. The lowest BCUT2D eigenvalue weighted by Gasteiger charge is -2.35. The Kier molecular flexibility index (Phi) is 5.62. The number of hydrogen-bond donors (Lipinski definition) is 2. The van der Waals surface area contributed by atoms with Crippen molar-refractivity contribution in [1.29, 1.82) is 0 Å². The zero-order chi connectivity index (χ0) is 15.2. The Balaban J connectivity index is 2.00. The first-order valence-electron chi connectivity index (χ1n) is 7.90. The molecule has 116 valence electrons. The van der Waals surface area contributed by atoms with Gasteiger partial charge in [0.05, 0.1) is 0 Å². The Bertz CT molecular complexity index is 476. The molecule has 1 heterocycles. The monoisotopic (exact) mass is 290 g/mol. The Morgan fingerprint density at radius 1 is 1.48 bits per heavy atom. The van der Waals surface area contributed by atoms with Crippen molar-refractivity contribution in [2.45, 2.75) is 39.2 Å². The second-order valence-electron chi connectivity index (χ2n) is 6.02. The summed E-state index contributed by atoms with van der Waals surface area (Å²) in [6.07, 6.45) is 2.70. The molecule has 0 spiro atoms. The third-order valence-corrected chi connectivity index (χ3v) is 4.06. The Morgan fingerprint density at radius 3 is 2.95 bits per heavy atom. The van der Waals surface area contributed by atoms with Crippen LogP contribution in [0.3, 0.4) is 0 Å². The highest BCUT2D eigenvalue weighted by molar-refractivity contribution is 5.73. The molecule has 0 saturated carbocycles. The van der Waals surface area contributed by atoms with Gasteiger partial charge in [-0.2, -0.15) is 0 Å². The number of hydrogen-bond acceptors (Lipinski definition) is 3. The maximum Gasteiger partial charge on any atom is 0.320 e. The molecule has 21 heavy (non-hydrogen) atoms. The molecule has 4 nitrogen and oxygen atoms in total. The molecule has 4 heteroatoms. The lowest BCUT2D eigenvalue weighted by molar-refractivity contribution is -0.139. The number of rotatable bonds is 7. The van der Waals surface area contributed by atoms with E-state index in [0.29, 0.717) is 12.3 Å². The zero-order valence-corrected chi connectivity index (χ0v) is 13.0. The van der Waals surface area contributed by atoms with Gasteiger partial charge in [0.15, 0.2) is 0 Å². The van der Waals surface area contributed by atoms with Crippen LogP contribution < -0.4 is 10.2 Å². The van der Waals surface area contributed by atoms with E-state index < -0.39 is 12.0 Å². The van der Waals surface area contributed by atoms with Crippen molar-refractivity contribution in [2.75, 3.05) is 24.5 Å². The predicted molar refractivity (Wildman–Crippen MR) is 85.9 cm³/mol. The van der Waals surface area contributed by atoms with Gasteiger partial charge in [-0.3, -0.25) is 4.79 Å². The number of fused-ring (bicyclic) bond motifs is 1. The number of carbonyl (C=O) groups is 1. The quantitative estimate of drug-likeness (QED) is 0.810. The average molecular weight is 290 g/mol. The van der Waals surface area contributed by atoms with Gasteiger partial charge in [-0.25, -0.2) is 0 Å². The number of nitrogens with one attached hydrogen (secondary N) is 1. The maximum absolute atomic E-state index is 11.3. The van der Waals surface area contributed by atoms with Gasteiger partial charge >= 0.3 is 5.97 Å². The first kappa shape index (κ1) is 15.8. The first-order valence-corrected chi connectivity index (χ1v) is 7.90. The fourth-order valence-electron chi connectivity index (χ4n) is 3.03. The molecule has 1 aromatic rings. The van der Waals surface area contributed by atoms with E-state index in [1.807, 2.05) is 0 Å². The average Bonchev–Trinajstić information content (AvgIpc) is 2.46. The van der Waals surface area contributed by atoms with E-state index in [9.17, 15) is 9.90 Å². The number of carboxylic acid groups (broad SMARTS) is 1. The molecule has 1 aliphatic heterocycles. The van der Waals surface area contributed by atoms with Crippen LogP contribution in [-0.2, 0) is 11.2 Å². The summed E-state index contributed by atoms with van der Waals surface area (Å²) in [6, 6.07) is 8.02. The lowest BCUT2D eigenvalue weighted by Crippen LogP contribution is -2.42. The van der Waals surface area contributed by atoms with Crippen molar-refractivity contribution in [3.63, 3.8) is 0 Å². The number of carboxylic acids is 1. The molecule has 0 fully saturated rings. The molecule has 0 saturated heterocycles. The summed E-state index contributed by atoms with van der Waals surface area (Å²) < 4.78 is 0. The molecule has 0 aliphatic carbocycles. The van der Waals surface area contributed by atoms with Crippen LogP contribution >= 0.6 is 0 Å². The van der Waals surface area contributed by atoms with Crippen LogP contribution in [0.1, 0.15) is 32.3 Å². The highest BCUT2D eigenvalue weighted by Gasteiger charge is 2.23. The highest BCUT2D eigenvalue weighted by Crippen LogP contribution is 2.29. The van der Waals surface area contributed by atoms with Crippen LogP contribution in [0.5, 0.6) is 0 Å². The molecular weight excluding hydrogens is 264 g/mol. The van der Waals surface area contributed by atoms with Crippen LogP contribution in [0.2, 0.25) is 0 Å². The highest BCUT2D eigenvalue weighted by atomic mass is 16.4. The summed E-state index contributed by atoms with van der Waals surface area (Å²) in [5.41, 5.74) is 2.65. The molecule has 2 atom stereocenters. The van der Waals surface area contributed by atoms with Crippen molar-refractivity contribution >= 4 is 11.7 Å². The standard InChI is InChI=1S/C17H26N2O2/c1-3-9-18-15(17(20)21)8-10-19-12-13(2)11-14-6-4-5-7-16(14)19/h4-7,13,15,18H,3,8-12H2,1-2H3,(H,20,21). The molecule has 1 aromatic carbocycles. The molecule has 0 amide bonds. The van der Waals surface area contributed by atoms with Gasteiger partial charge in [0.1, 0.15) is 6.04 Å². The molecule has 1 aliphatic rings. The first-order chi connectivity index (χ1) is 10.1. The van der Waals surface area contributed by atoms with Crippen molar-refractivity contribution in [2.24, 2.45) is 5.92 Å². The normalized spacial score (nSPS) is 19.1. The van der Waals surface area contributed by atoms with E-state index in [1.54, 1.807) is 0 Å². The Hall–Kier alpha value is -1.55. The van der Waals surface area contributed by atoms with Gasteiger partial charge in [0, 0.05) is 18.8 Å². The van der Waals surface area contributed by atoms with Crippen molar-refractivity contribution < 1.29 is 9.90 Å². The summed E-state index contributed by atoms with van der Waals surface area (Å²) in [5.74, 6) is -0.131. The van der Waals surface area contributed by atoms with Crippen LogP contribution in [0.25, 0.3) is 0 Å². The van der Waals surface area contributed by atoms with Gasteiger partial charge in [0.25, 0.3) is 0 Å². The maximum atomic E-state index is 11.3. The van der Waals surface area contributed by atoms with E-state index in [-0.39, 0.29) is 0 Å². The summed E-state index contributed by atoms with van der Waals surface area (Å²) in [7, 11) is 0. The fraction of sp³-hybridized carbons (Fsp3) is 0.588. The predicted octanol–water partition coefficient (Wildman–Crippen LogP) is 2.53. The largest absolute Gasteiger partial charge is 0.480 e. The second kappa shape index (κ2) is 7.46. The Morgan fingerprint density at radius 2 is 2.24 bits per heavy atom. The van der Waals surface area contributed by atoms with Gasteiger partial charge in [-0.1, -0.05) is 32.0 Å². The van der Waals surface area contributed by atoms with Crippen LogP contribution in [0.4, 0.5) is 5.69 Å². The summed E-state index contributed by atoms with van der Waals surface area (Å²) >= 11 is 0. The van der Waals surface area contributed by atoms with Gasteiger partial charge in [0.2, 0.25) is 0 Å². The van der Waals surface area contributed by atoms with E-state index in [0.717, 1.165) is 32.5 Å². The minimum atomic E-state index is -0.748. The van der Waals surface area contributed by atoms with E-state index in [1.165, 1.54) is 11.3 Å². The molecular formula is C17H26N2O2. The molecule has 2 unspecified atom stereocenters. The molecule has 0 aromatic heterocycles. The second-order valence-corrected chi connectivity index (χ2v) is 6.02. The minimum absolute atomic E-state index is 0.450. The van der Waals surface area contributed by atoms with Gasteiger partial charge in [-0.05, 0) is 43.4 Å². The van der Waals surface area contributed by atoms with Crippen LogP contribution in [0.15, 0.2) is 24.3 Å². The summed E-state index contributed by atoms with van der Waals surface area (Å²) in [5, 5.41) is 12.4. The number of para-hydroxylation sites is 1. The SMILES string of the molecule is CCCNC(CCN1CC(C)Cc2ccccc21)C(=O)O. The third kappa shape index (κ3) is 4.21. The summed E-state index contributed by atoms with van der Waals surface area (Å²) in [4.78, 5) is 13.6. The molecule has 2 rings (SSSR count). The van der Waals surface area contributed by atoms with E-state index in [4.69, 9.17) is 0 Å². The van der Waals surface area contributed by atoms with Gasteiger partial charge < -0.3 is 15.3 Å².